The maximum absolute atomic E-state index is 12.4. The third-order valence-electron chi connectivity index (χ3n) is 2.99. The summed E-state index contributed by atoms with van der Waals surface area (Å²) >= 11 is 3.90. The van der Waals surface area contributed by atoms with Gasteiger partial charge in [0.15, 0.2) is 0 Å². The first-order valence-corrected chi connectivity index (χ1v) is 10.2. The van der Waals surface area contributed by atoms with Crippen LogP contribution in [0, 0.1) is 13.1 Å². The highest BCUT2D eigenvalue weighted by Gasteiger charge is 2.26. The Morgan fingerprint density at radius 2 is 1.77 bits per heavy atom. The molecular weight excluding hydrogens is 534 g/mol. The maximum atomic E-state index is 12.4. The van der Waals surface area contributed by atoms with Crippen molar-refractivity contribution in [3.8, 4) is 0 Å². The molecule has 4 N–H and O–H groups in total. The van der Waals surface area contributed by atoms with Gasteiger partial charge in [-0.15, -0.1) is 0 Å². The van der Waals surface area contributed by atoms with Crippen LogP contribution in [0.3, 0.4) is 0 Å². The highest BCUT2D eigenvalue weighted by Crippen LogP contribution is 2.26. The fourth-order valence-corrected chi connectivity index (χ4v) is 5.17. The van der Waals surface area contributed by atoms with Gasteiger partial charge in [-0.3, -0.25) is 4.79 Å². The van der Waals surface area contributed by atoms with E-state index in [1.165, 1.54) is 12.1 Å². The van der Waals surface area contributed by atoms with Crippen LogP contribution in [0.2, 0.25) is 0 Å². The number of halogens is 2. The van der Waals surface area contributed by atoms with E-state index in [0.29, 0.717) is 25.2 Å². The normalized spacial score (nSPS) is 13.3. The number of anilines is 1. The number of aliphatic carboxylic acids is 1. The minimum absolute atomic E-state index is 0.0197. The summed E-state index contributed by atoms with van der Waals surface area (Å²) in [6.45, 7) is 3.91. The van der Waals surface area contributed by atoms with Crippen molar-refractivity contribution in [3.63, 3.8) is 0 Å². The number of carboxylic acids is 1. The van der Waals surface area contributed by atoms with Gasteiger partial charge < -0.3 is 10.8 Å². The number of carbonyl (C=O) groups is 1. The molecule has 0 aliphatic heterocycles. The van der Waals surface area contributed by atoms with E-state index in [-0.39, 0.29) is 11.3 Å². The van der Waals surface area contributed by atoms with Gasteiger partial charge in [-0.05, 0) is 76.1 Å². The number of nitrogens with one attached hydrogen (secondary N) is 1. The molecule has 0 unspecified atom stereocenters. The quantitative estimate of drug-likeness (QED) is 0.356. The lowest BCUT2D eigenvalue weighted by atomic mass is 10.0. The zero-order chi connectivity index (χ0) is 17.1. The van der Waals surface area contributed by atoms with E-state index in [0.717, 1.165) is 0 Å². The van der Waals surface area contributed by atoms with Crippen molar-refractivity contribution in [1.82, 2.24) is 4.72 Å². The average molecular weight is 552 g/mol. The van der Waals surface area contributed by atoms with Crippen molar-refractivity contribution in [2.24, 2.45) is 5.92 Å². The smallest absolute Gasteiger partial charge is 0.321 e. The average Bonchev–Trinajstić information content (AvgIpc) is 2.39. The molecule has 0 aromatic heterocycles. The van der Waals surface area contributed by atoms with Gasteiger partial charge in [-0.25, -0.2) is 8.42 Å². The lowest BCUT2D eigenvalue weighted by Crippen LogP contribution is -2.40. The van der Waals surface area contributed by atoms with E-state index in [2.05, 4.69) is 4.72 Å². The van der Waals surface area contributed by atoms with Gasteiger partial charge in [-0.1, -0.05) is 13.8 Å². The predicted octanol–water partition coefficient (Wildman–Crippen LogP) is 2.65. The molecule has 1 aromatic carbocycles. The van der Waals surface area contributed by atoms with Crippen LogP contribution in [-0.4, -0.2) is 25.5 Å². The number of benzene rings is 1. The highest BCUT2D eigenvalue weighted by atomic mass is 127. The number of rotatable bonds is 7. The summed E-state index contributed by atoms with van der Waals surface area (Å²) in [5.74, 6) is -0.881. The number of carboxylic acid groups (broad SMARTS) is 1. The van der Waals surface area contributed by atoms with Crippen LogP contribution in [0.1, 0.15) is 26.7 Å². The first-order valence-electron chi connectivity index (χ1n) is 6.54. The number of nitrogen functional groups attached to an aromatic ring is 1. The van der Waals surface area contributed by atoms with Crippen LogP contribution in [0.15, 0.2) is 17.0 Å². The summed E-state index contributed by atoms with van der Waals surface area (Å²) in [6.07, 6.45) is 0.867. The second kappa shape index (κ2) is 8.11. The fourth-order valence-electron chi connectivity index (χ4n) is 1.70. The molecule has 0 saturated heterocycles. The molecule has 0 amide bonds. The molecule has 0 aliphatic rings. The second-order valence-electron chi connectivity index (χ2n) is 5.28. The Morgan fingerprint density at radius 1 is 1.27 bits per heavy atom. The molecule has 22 heavy (non-hydrogen) atoms. The molecule has 0 radical (unpaired) electrons. The summed E-state index contributed by atoms with van der Waals surface area (Å²) in [5.41, 5.74) is 6.31. The number of hydrogen-bond acceptors (Lipinski definition) is 4. The Morgan fingerprint density at radius 3 is 2.18 bits per heavy atom. The molecule has 0 bridgehead atoms. The summed E-state index contributed by atoms with van der Waals surface area (Å²) in [6, 6.07) is 1.73. The summed E-state index contributed by atoms with van der Waals surface area (Å²) in [4.78, 5) is 11.3. The monoisotopic (exact) mass is 552 g/mol. The minimum atomic E-state index is -3.91. The van der Waals surface area contributed by atoms with Crippen LogP contribution in [0.25, 0.3) is 0 Å². The molecule has 1 atom stereocenters. The fraction of sp³-hybridized carbons (Fsp3) is 0.462. The standard InChI is InChI=1S/C13H18I2N2O4S/c1-7(2)3-4-11(13(18)19)17-22(20,21)8-5-9(14)12(16)10(15)6-8/h5-7,11,17H,3-4,16H2,1-2H3,(H,18,19)/t11-/m0/s1. The van der Waals surface area contributed by atoms with E-state index in [1.807, 2.05) is 59.0 Å². The lowest BCUT2D eigenvalue weighted by molar-refractivity contribution is -0.139. The molecule has 1 rings (SSSR count). The molecule has 0 heterocycles. The van der Waals surface area contributed by atoms with Gasteiger partial charge in [0.2, 0.25) is 10.0 Å². The van der Waals surface area contributed by atoms with Crippen molar-refractivity contribution in [2.75, 3.05) is 5.73 Å². The Kier molecular flexibility index (Phi) is 7.33. The van der Waals surface area contributed by atoms with E-state index >= 15 is 0 Å². The summed E-state index contributed by atoms with van der Waals surface area (Å²) in [5, 5.41) is 9.20. The second-order valence-corrected chi connectivity index (χ2v) is 9.32. The first kappa shape index (κ1) is 19.9. The number of nitrogens with two attached hydrogens (primary N) is 1. The van der Waals surface area contributed by atoms with Crippen LogP contribution in [0.5, 0.6) is 0 Å². The third-order valence-corrected chi connectivity index (χ3v) is 6.23. The van der Waals surface area contributed by atoms with Gasteiger partial charge in [0, 0.05) is 7.14 Å². The molecular formula is C13H18I2N2O4S. The molecule has 124 valence electrons. The Balaban J connectivity index is 3.05. The number of sulfonamides is 1. The molecule has 0 fully saturated rings. The molecule has 0 spiro atoms. The first-order chi connectivity index (χ1) is 10.0. The predicted molar refractivity (Wildman–Crippen MR) is 102 cm³/mol. The van der Waals surface area contributed by atoms with E-state index < -0.39 is 22.0 Å². The van der Waals surface area contributed by atoms with Crippen LogP contribution in [-0.2, 0) is 14.8 Å². The van der Waals surface area contributed by atoms with Crippen molar-refractivity contribution in [1.29, 1.82) is 0 Å². The van der Waals surface area contributed by atoms with Crippen molar-refractivity contribution < 1.29 is 18.3 Å². The highest BCUT2D eigenvalue weighted by molar-refractivity contribution is 14.1. The Bertz CT molecular complexity index is 639. The van der Waals surface area contributed by atoms with Crippen LogP contribution >= 0.6 is 45.2 Å². The van der Waals surface area contributed by atoms with Gasteiger partial charge in [0.1, 0.15) is 6.04 Å². The van der Waals surface area contributed by atoms with Gasteiger partial charge in [-0.2, -0.15) is 4.72 Å². The molecule has 9 heteroatoms. The number of hydrogen-bond donors (Lipinski definition) is 3. The van der Waals surface area contributed by atoms with Crippen molar-refractivity contribution in [3.05, 3.63) is 19.3 Å². The third kappa shape index (κ3) is 5.49. The molecule has 0 aliphatic carbocycles. The van der Waals surface area contributed by atoms with Crippen LogP contribution < -0.4 is 10.5 Å². The topological polar surface area (TPSA) is 109 Å². The molecule has 6 nitrogen and oxygen atoms in total. The van der Waals surface area contributed by atoms with E-state index in [9.17, 15) is 18.3 Å². The van der Waals surface area contributed by atoms with Crippen molar-refractivity contribution >= 4 is 66.9 Å². The van der Waals surface area contributed by atoms with Crippen molar-refractivity contribution in [2.45, 2.75) is 37.6 Å². The maximum Gasteiger partial charge on any atom is 0.321 e. The molecule has 0 saturated carbocycles. The van der Waals surface area contributed by atoms with Crippen LogP contribution in [0.4, 0.5) is 5.69 Å². The Labute approximate surface area is 157 Å². The van der Waals surface area contributed by atoms with Gasteiger partial charge in [0.25, 0.3) is 0 Å². The Hall–Kier alpha value is -0.140. The summed E-state index contributed by atoms with van der Waals surface area (Å²) in [7, 11) is -3.91. The van der Waals surface area contributed by atoms with E-state index in [1.54, 1.807) is 0 Å². The zero-order valence-electron chi connectivity index (χ0n) is 12.1. The zero-order valence-corrected chi connectivity index (χ0v) is 17.3. The SMILES string of the molecule is CC(C)CC[C@H](NS(=O)(=O)c1cc(I)c(N)c(I)c1)C(=O)O. The van der Waals surface area contributed by atoms with Gasteiger partial charge >= 0.3 is 5.97 Å². The van der Waals surface area contributed by atoms with E-state index in [4.69, 9.17) is 5.73 Å². The molecule has 1 aromatic rings. The van der Waals surface area contributed by atoms with Gasteiger partial charge in [0.05, 0.1) is 10.6 Å². The summed E-state index contributed by atoms with van der Waals surface area (Å²) < 4.78 is 28.3. The lowest BCUT2D eigenvalue weighted by Gasteiger charge is -2.16. The largest absolute Gasteiger partial charge is 0.480 e. The minimum Gasteiger partial charge on any atom is -0.480 e.